The van der Waals surface area contributed by atoms with E-state index in [0.717, 1.165) is 17.1 Å². The van der Waals surface area contributed by atoms with Gasteiger partial charge in [-0.25, -0.2) is 4.98 Å². The number of methoxy groups -OCH3 is 1. The number of aryl methyl sites for hydroxylation is 2. The highest BCUT2D eigenvalue weighted by molar-refractivity contribution is 7.11. The first kappa shape index (κ1) is 13.1. The van der Waals surface area contributed by atoms with E-state index in [2.05, 4.69) is 10.3 Å². The lowest BCUT2D eigenvalue weighted by atomic mass is 10.2. The normalized spacial score (nSPS) is 12.5. The standard InChI is InChI=1S/C11H18N2O2S/c1-5-9(11(14)15-4)12-6-10-13-7(2)8(3)16-10/h9,12H,5-6H2,1-4H3. The molecule has 1 aromatic heterocycles. The Morgan fingerprint density at radius 1 is 1.56 bits per heavy atom. The van der Waals surface area contributed by atoms with E-state index in [1.54, 1.807) is 11.3 Å². The number of carbonyl (C=O) groups is 1. The van der Waals surface area contributed by atoms with Crippen LogP contribution in [0.3, 0.4) is 0 Å². The van der Waals surface area contributed by atoms with Gasteiger partial charge in [0, 0.05) is 11.4 Å². The van der Waals surface area contributed by atoms with Crippen molar-refractivity contribution in [3.8, 4) is 0 Å². The second-order valence-corrected chi connectivity index (χ2v) is 4.90. The molecule has 0 spiro atoms. The van der Waals surface area contributed by atoms with Crippen LogP contribution >= 0.6 is 11.3 Å². The summed E-state index contributed by atoms with van der Waals surface area (Å²) in [5.41, 5.74) is 1.06. The number of hydrogen-bond acceptors (Lipinski definition) is 5. The number of rotatable bonds is 5. The van der Waals surface area contributed by atoms with Crippen molar-refractivity contribution in [3.05, 3.63) is 15.6 Å². The van der Waals surface area contributed by atoms with Crippen LogP contribution in [0.15, 0.2) is 0 Å². The second kappa shape index (κ2) is 5.96. The molecule has 90 valence electrons. The van der Waals surface area contributed by atoms with E-state index in [4.69, 9.17) is 4.74 Å². The Labute approximate surface area is 100 Å². The molecule has 0 saturated heterocycles. The Kier molecular flexibility index (Phi) is 4.89. The molecule has 4 nitrogen and oxygen atoms in total. The molecule has 0 aliphatic heterocycles. The molecule has 1 atom stereocenters. The predicted molar refractivity (Wildman–Crippen MR) is 64.5 cm³/mol. The van der Waals surface area contributed by atoms with Gasteiger partial charge in [0.15, 0.2) is 0 Å². The van der Waals surface area contributed by atoms with E-state index >= 15 is 0 Å². The third-order valence-corrected chi connectivity index (χ3v) is 3.54. The lowest BCUT2D eigenvalue weighted by Gasteiger charge is -2.12. The highest BCUT2D eigenvalue weighted by Crippen LogP contribution is 2.16. The Hall–Kier alpha value is -0.940. The second-order valence-electron chi connectivity index (χ2n) is 3.61. The molecule has 1 rings (SSSR count). The smallest absolute Gasteiger partial charge is 0.322 e. The van der Waals surface area contributed by atoms with Crippen LogP contribution in [0, 0.1) is 13.8 Å². The highest BCUT2D eigenvalue weighted by atomic mass is 32.1. The average molecular weight is 242 g/mol. The van der Waals surface area contributed by atoms with E-state index in [-0.39, 0.29) is 12.0 Å². The summed E-state index contributed by atoms with van der Waals surface area (Å²) in [4.78, 5) is 17.0. The van der Waals surface area contributed by atoms with Crippen molar-refractivity contribution in [1.29, 1.82) is 0 Å². The van der Waals surface area contributed by atoms with Crippen molar-refractivity contribution in [3.63, 3.8) is 0 Å². The van der Waals surface area contributed by atoms with Gasteiger partial charge in [-0.15, -0.1) is 11.3 Å². The van der Waals surface area contributed by atoms with Gasteiger partial charge in [0.25, 0.3) is 0 Å². The van der Waals surface area contributed by atoms with Crippen LogP contribution in [0.25, 0.3) is 0 Å². The monoisotopic (exact) mass is 242 g/mol. The first-order chi connectivity index (χ1) is 7.58. The summed E-state index contributed by atoms with van der Waals surface area (Å²) in [5, 5.41) is 4.16. The van der Waals surface area contributed by atoms with Gasteiger partial charge in [-0.2, -0.15) is 0 Å². The Balaban J connectivity index is 2.52. The van der Waals surface area contributed by atoms with Crippen LogP contribution in [-0.2, 0) is 16.1 Å². The molecule has 0 aliphatic rings. The van der Waals surface area contributed by atoms with Gasteiger partial charge in [0.2, 0.25) is 0 Å². The van der Waals surface area contributed by atoms with Crippen LogP contribution < -0.4 is 5.32 Å². The number of carbonyl (C=O) groups excluding carboxylic acids is 1. The fraction of sp³-hybridized carbons (Fsp3) is 0.636. The van der Waals surface area contributed by atoms with Crippen LogP contribution in [0.1, 0.15) is 28.9 Å². The number of ether oxygens (including phenoxy) is 1. The lowest BCUT2D eigenvalue weighted by molar-refractivity contribution is -0.143. The topological polar surface area (TPSA) is 51.2 Å². The molecule has 0 saturated carbocycles. The third-order valence-electron chi connectivity index (χ3n) is 2.47. The SMILES string of the molecule is CCC(NCc1nc(C)c(C)s1)C(=O)OC. The van der Waals surface area contributed by atoms with Gasteiger partial charge in [-0.05, 0) is 20.3 Å². The number of thiazole rings is 1. The molecule has 0 aliphatic carbocycles. The molecular weight excluding hydrogens is 224 g/mol. The van der Waals surface area contributed by atoms with Gasteiger partial charge in [0.1, 0.15) is 11.0 Å². The summed E-state index contributed by atoms with van der Waals surface area (Å²) in [5.74, 6) is -0.215. The van der Waals surface area contributed by atoms with E-state index in [1.807, 2.05) is 20.8 Å². The maximum absolute atomic E-state index is 11.3. The number of esters is 1. The van der Waals surface area contributed by atoms with Crippen LogP contribution in [0.4, 0.5) is 0 Å². The molecule has 1 unspecified atom stereocenters. The van der Waals surface area contributed by atoms with E-state index in [1.165, 1.54) is 12.0 Å². The van der Waals surface area contributed by atoms with Crippen LogP contribution in [-0.4, -0.2) is 24.1 Å². The zero-order chi connectivity index (χ0) is 12.1. The largest absolute Gasteiger partial charge is 0.468 e. The van der Waals surface area contributed by atoms with Crippen LogP contribution in [0.2, 0.25) is 0 Å². The summed E-state index contributed by atoms with van der Waals surface area (Å²) in [7, 11) is 1.41. The first-order valence-electron chi connectivity index (χ1n) is 5.32. The summed E-state index contributed by atoms with van der Waals surface area (Å²) >= 11 is 1.66. The van der Waals surface area contributed by atoms with Crippen molar-refractivity contribution in [2.24, 2.45) is 0 Å². The number of nitrogens with zero attached hydrogens (tertiary/aromatic N) is 1. The van der Waals surface area contributed by atoms with Gasteiger partial charge in [-0.3, -0.25) is 10.1 Å². The lowest BCUT2D eigenvalue weighted by Crippen LogP contribution is -2.36. The summed E-state index contributed by atoms with van der Waals surface area (Å²) in [6.45, 7) is 6.61. The molecule has 5 heteroatoms. The van der Waals surface area contributed by atoms with Crippen molar-refractivity contribution in [2.75, 3.05) is 7.11 Å². The molecule has 16 heavy (non-hydrogen) atoms. The Morgan fingerprint density at radius 3 is 2.69 bits per heavy atom. The minimum atomic E-state index is -0.241. The fourth-order valence-corrected chi connectivity index (χ4v) is 2.25. The number of aromatic nitrogens is 1. The zero-order valence-electron chi connectivity index (χ0n) is 10.2. The van der Waals surface area contributed by atoms with E-state index in [0.29, 0.717) is 6.54 Å². The maximum Gasteiger partial charge on any atom is 0.322 e. The Morgan fingerprint density at radius 2 is 2.25 bits per heavy atom. The minimum Gasteiger partial charge on any atom is -0.468 e. The molecule has 0 amide bonds. The van der Waals surface area contributed by atoms with Crippen molar-refractivity contribution >= 4 is 17.3 Å². The first-order valence-corrected chi connectivity index (χ1v) is 6.14. The van der Waals surface area contributed by atoms with Gasteiger partial charge in [0.05, 0.1) is 12.8 Å². The molecule has 1 heterocycles. The zero-order valence-corrected chi connectivity index (χ0v) is 11.0. The third kappa shape index (κ3) is 3.28. The van der Waals surface area contributed by atoms with E-state index < -0.39 is 0 Å². The molecule has 0 fully saturated rings. The minimum absolute atomic E-state index is 0.215. The van der Waals surface area contributed by atoms with Crippen molar-refractivity contribution < 1.29 is 9.53 Å². The molecule has 1 N–H and O–H groups in total. The quantitative estimate of drug-likeness (QED) is 0.800. The van der Waals surface area contributed by atoms with Gasteiger partial charge in [-0.1, -0.05) is 6.92 Å². The summed E-state index contributed by atoms with van der Waals surface area (Å²) in [6, 6.07) is -0.241. The van der Waals surface area contributed by atoms with Gasteiger partial charge < -0.3 is 4.74 Å². The molecule has 0 aromatic carbocycles. The van der Waals surface area contributed by atoms with Gasteiger partial charge >= 0.3 is 5.97 Å². The summed E-state index contributed by atoms with van der Waals surface area (Å²) < 4.78 is 4.70. The number of hydrogen-bond donors (Lipinski definition) is 1. The van der Waals surface area contributed by atoms with E-state index in [9.17, 15) is 4.79 Å². The fourth-order valence-electron chi connectivity index (χ4n) is 1.36. The average Bonchev–Trinajstić information content (AvgIpc) is 2.59. The van der Waals surface area contributed by atoms with Crippen molar-refractivity contribution in [2.45, 2.75) is 39.8 Å². The molecule has 1 aromatic rings. The molecular formula is C11H18N2O2S. The Bertz CT molecular complexity index is 343. The highest BCUT2D eigenvalue weighted by Gasteiger charge is 2.16. The van der Waals surface area contributed by atoms with Crippen LogP contribution in [0.5, 0.6) is 0 Å². The number of nitrogens with one attached hydrogen (secondary N) is 1. The molecule has 0 radical (unpaired) electrons. The predicted octanol–water partition coefficient (Wildman–Crippen LogP) is 1.80. The maximum atomic E-state index is 11.3. The van der Waals surface area contributed by atoms with Crippen molar-refractivity contribution in [1.82, 2.24) is 10.3 Å². The summed E-state index contributed by atoms with van der Waals surface area (Å²) in [6.07, 6.45) is 0.718. The molecule has 0 bridgehead atoms.